The first-order valence-corrected chi connectivity index (χ1v) is 6.75. The molecule has 2 aromatic heterocycles. The van der Waals surface area contributed by atoms with Gasteiger partial charge in [-0.05, 0) is 0 Å². The Morgan fingerprint density at radius 3 is 3.10 bits per heavy atom. The summed E-state index contributed by atoms with van der Waals surface area (Å²) in [5.41, 5.74) is 2.12. The summed E-state index contributed by atoms with van der Waals surface area (Å²) in [5.74, 6) is -0.413. The number of hydrogen-bond donors (Lipinski definition) is 1. The van der Waals surface area contributed by atoms with Crippen LogP contribution in [0, 0.1) is 0 Å². The van der Waals surface area contributed by atoms with Crippen LogP contribution < -0.4 is 4.57 Å². The number of H-pyrrole nitrogens is 1. The van der Waals surface area contributed by atoms with Crippen molar-refractivity contribution in [2.45, 2.75) is 12.8 Å². The Balaban J connectivity index is 1.95. The number of carbonyl (C=O) groups excluding carboxylic acids is 2. The second-order valence-electron chi connectivity index (χ2n) is 5.03. The van der Waals surface area contributed by atoms with Gasteiger partial charge in [-0.2, -0.15) is 0 Å². The molecular weight excluding hydrogens is 270 g/mol. The van der Waals surface area contributed by atoms with Gasteiger partial charge in [0.2, 0.25) is 5.78 Å². The molecule has 0 saturated carbocycles. The lowest BCUT2D eigenvalue weighted by molar-refractivity contribution is -0.677. The van der Waals surface area contributed by atoms with Crippen LogP contribution in [0.3, 0.4) is 0 Å². The van der Waals surface area contributed by atoms with Crippen molar-refractivity contribution in [3.8, 4) is 0 Å². The number of Topliss-reactive ketones (excluding diaryl/α,β-unsaturated/α-hetero) is 1. The Morgan fingerprint density at radius 1 is 1.52 bits per heavy atom. The van der Waals surface area contributed by atoms with Crippen LogP contribution in [0.5, 0.6) is 0 Å². The second kappa shape index (κ2) is 5.12. The minimum Gasteiger partial charge on any atom is -0.469 e. The van der Waals surface area contributed by atoms with E-state index in [1.165, 1.54) is 7.11 Å². The molecule has 0 fully saturated rings. The monoisotopic (exact) mass is 286 g/mol. The van der Waals surface area contributed by atoms with Crippen molar-refractivity contribution < 1.29 is 18.9 Å². The van der Waals surface area contributed by atoms with Gasteiger partial charge in [-0.15, -0.1) is 0 Å². The van der Waals surface area contributed by atoms with E-state index in [1.54, 1.807) is 0 Å². The summed E-state index contributed by atoms with van der Waals surface area (Å²) in [4.78, 5) is 30.9. The van der Waals surface area contributed by atoms with Crippen LogP contribution in [0.2, 0.25) is 0 Å². The van der Waals surface area contributed by atoms with E-state index in [0.29, 0.717) is 17.8 Å². The van der Waals surface area contributed by atoms with Crippen molar-refractivity contribution in [2.24, 2.45) is 12.0 Å². The molecule has 0 saturated heterocycles. The molecule has 1 aliphatic carbocycles. The van der Waals surface area contributed by atoms with Crippen LogP contribution in [0.4, 0.5) is 0 Å². The quantitative estimate of drug-likeness (QED) is 0.668. The highest BCUT2D eigenvalue weighted by Crippen LogP contribution is 2.25. The first kappa shape index (κ1) is 13.5. The van der Waals surface area contributed by atoms with E-state index in [1.807, 2.05) is 30.1 Å². The predicted molar refractivity (Wildman–Crippen MR) is 76.4 cm³/mol. The van der Waals surface area contributed by atoms with Gasteiger partial charge in [0.1, 0.15) is 12.7 Å². The molecule has 0 radical (unpaired) electrons. The summed E-state index contributed by atoms with van der Waals surface area (Å²) in [6.45, 7) is 0.267. The number of rotatable bonds is 3. The maximum Gasteiger partial charge on any atom is 0.307 e. The smallest absolute Gasteiger partial charge is 0.307 e. The van der Waals surface area contributed by atoms with E-state index in [-0.39, 0.29) is 24.7 Å². The minimum atomic E-state index is -0.323. The summed E-state index contributed by atoms with van der Waals surface area (Å²) >= 11 is 0. The van der Waals surface area contributed by atoms with Crippen LogP contribution >= 0.6 is 0 Å². The SMILES string of the molecule is COC(=O)CCN=C1Cc2c3c([nH]cc3cc[n+]2C)C1=O. The van der Waals surface area contributed by atoms with Crippen LogP contribution in [0.1, 0.15) is 22.6 Å². The molecule has 21 heavy (non-hydrogen) atoms. The number of nitrogens with one attached hydrogen (secondary N) is 1. The van der Waals surface area contributed by atoms with Crippen molar-refractivity contribution in [3.63, 3.8) is 0 Å². The van der Waals surface area contributed by atoms with E-state index in [4.69, 9.17) is 0 Å². The fraction of sp³-hybridized carbons (Fsp3) is 0.333. The zero-order valence-corrected chi connectivity index (χ0v) is 12.0. The third-order valence-electron chi connectivity index (χ3n) is 3.77. The number of aryl methyl sites for hydroxylation is 1. The van der Waals surface area contributed by atoms with Gasteiger partial charge in [-0.3, -0.25) is 14.6 Å². The number of esters is 1. The number of nitrogens with zero attached hydrogens (tertiary/aromatic N) is 2. The molecule has 108 valence electrons. The number of aliphatic imine (C=N–C) groups is 1. The Hall–Kier alpha value is -2.50. The molecular formula is C15H16N3O3+. The lowest BCUT2D eigenvalue weighted by atomic mass is 9.95. The lowest BCUT2D eigenvalue weighted by Crippen LogP contribution is -2.38. The molecule has 0 unspecified atom stereocenters. The number of ketones is 1. The second-order valence-corrected chi connectivity index (χ2v) is 5.03. The summed E-state index contributed by atoms with van der Waals surface area (Å²) in [7, 11) is 3.29. The van der Waals surface area contributed by atoms with Gasteiger partial charge in [0.15, 0.2) is 11.9 Å². The highest BCUT2D eigenvalue weighted by atomic mass is 16.5. The number of hydrogen-bond acceptors (Lipinski definition) is 4. The van der Waals surface area contributed by atoms with Gasteiger partial charge in [0.25, 0.3) is 0 Å². The molecule has 3 rings (SSSR count). The van der Waals surface area contributed by atoms with Gasteiger partial charge in [-0.1, -0.05) is 0 Å². The average molecular weight is 286 g/mol. The molecule has 0 spiro atoms. The molecule has 0 aliphatic heterocycles. The summed E-state index contributed by atoms with van der Waals surface area (Å²) < 4.78 is 6.57. The standard InChI is InChI=1S/C15H15N3O3/c1-18-6-4-9-8-17-14-13(9)11(18)7-10(15(14)20)16-5-3-12(19)21-2/h4,6,8H,3,5,7H2,1-2H3/p+1. The van der Waals surface area contributed by atoms with Crippen LogP contribution in [-0.4, -0.2) is 36.1 Å². The van der Waals surface area contributed by atoms with Crippen molar-refractivity contribution in [2.75, 3.05) is 13.7 Å². The van der Waals surface area contributed by atoms with Crippen molar-refractivity contribution in [3.05, 3.63) is 29.8 Å². The van der Waals surface area contributed by atoms with E-state index in [0.717, 1.165) is 16.5 Å². The topological polar surface area (TPSA) is 75.4 Å². The highest BCUT2D eigenvalue weighted by molar-refractivity contribution is 6.49. The Kier molecular flexibility index (Phi) is 3.29. The number of aromatic amines is 1. The van der Waals surface area contributed by atoms with Gasteiger partial charge >= 0.3 is 5.97 Å². The normalized spacial score (nSPS) is 15.7. The number of methoxy groups -OCH3 is 1. The number of carbonyl (C=O) groups is 2. The molecule has 2 aromatic rings. The highest BCUT2D eigenvalue weighted by Gasteiger charge is 2.31. The summed E-state index contributed by atoms with van der Waals surface area (Å²) in [6, 6.07) is 1.98. The Morgan fingerprint density at radius 2 is 2.33 bits per heavy atom. The Labute approximate surface area is 121 Å². The van der Waals surface area contributed by atoms with Gasteiger partial charge in [0, 0.05) is 24.2 Å². The van der Waals surface area contributed by atoms with E-state index in [2.05, 4.69) is 14.7 Å². The molecule has 1 aliphatic rings. The first-order chi connectivity index (χ1) is 10.1. The minimum absolute atomic E-state index is 0.0893. The molecule has 0 atom stereocenters. The Bertz CT molecular complexity index is 774. The van der Waals surface area contributed by atoms with Gasteiger partial charge in [0.05, 0.1) is 31.0 Å². The van der Waals surface area contributed by atoms with Crippen molar-refractivity contribution >= 4 is 28.2 Å². The molecule has 0 amide bonds. The van der Waals surface area contributed by atoms with Gasteiger partial charge < -0.3 is 9.72 Å². The summed E-state index contributed by atoms with van der Waals surface area (Å²) in [6.07, 6.45) is 4.47. The number of pyridine rings is 1. The first-order valence-electron chi connectivity index (χ1n) is 6.75. The zero-order valence-electron chi connectivity index (χ0n) is 12.0. The predicted octanol–water partition coefficient (Wildman–Crippen LogP) is 0.735. The third-order valence-corrected chi connectivity index (χ3v) is 3.77. The molecule has 0 aromatic carbocycles. The fourth-order valence-electron chi connectivity index (χ4n) is 2.63. The van der Waals surface area contributed by atoms with E-state index in [9.17, 15) is 9.59 Å². The van der Waals surface area contributed by atoms with E-state index >= 15 is 0 Å². The summed E-state index contributed by atoms with van der Waals surface area (Å²) in [5, 5.41) is 2.00. The lowest BCUT2D eigenvalue weighted by Gasteiger charge is -2.11. The van der Waals surface area contributed by atoms with E-state index < -0.39 is 0 Å². The molecule has 6 nitrogen and oxygen atoms in total. The van der Waals surface area contributed by atoms with Crippen molar-refractivity contribution in [1.29, 1.82) is 0 Å². The molecule has 6 heteroatoms. The van der Waals surface area contributed by atoms with Crippen LogP contribution in [0.25, 0.3) is 10.8 Å². The number of ether oxygens (including phenoxy) is 1. The van der Waals surface area contributed by atoms with Crippen molar-refractivity contribution in [1.82, 2.24) is 4.98 Å². The van der Waals surface area contributed by atoms with Crippen LogP contribution in [0.15, 0.2) is 23.5 Å². The molecule has 1 N–H and O–H groups in total. The molecule has 0 bridgehead atoms. The largest absolute Gasteiger partial charge is 0.469 e. The fourth-order valence-corrected chi connectivity index (χ4v) is 2.63. The van der Waals surface area contributed by atoms with Crippen LogP contribution in [-0.2, 0) is 23.0 Å². The third kappa shape index (κ3) is 2.22. The zero-order chi connectivity index (χ0) is 15.0. The number of aromatic nitrogens is 2. The van der Waals surface area contributed by atoms with Gasteiger partial charge in [-0.25, -0.2) is 4.57 Å². The maximum atomic E-state index is 12.4. The maximum absolute atomic E-state index is 12.4. The average Bonchev–Trinajstić information content (AvgIpc) is 2.91. The molecule has 2 heterocycles.